The number of nitrogens with zero attached hydrogens (tertiary/aromatic N) is 1. The molecule has 2 aromatic heterocycles. The minimum absolute atomic E-state index is 0.933. The molecule has 3 heteroatoms. The molecule has 9 aromatic rings. The quantitative estimate of drug-likeness (QED) is 0.210. The molecule has 9 rings (SSSR count). The predicted octanol–water partition coefficient (Wildman–Crippen LogP) is 12.2. The number of furan rings is 1. The van der Waals surface area contributed by atoms with Gasteiger partial charge in [0.05, 0.1) is 0 Å². The number of anilines is 3. The number of thiophene rings is 1. The third-order valence-electron chi connectivity index (χ3n) is 8.45. The number of benzene rings is 7. The van der Waals surface area contributed by atoms with Crippen LogP contribution < -0.4 is 4.90 Å². The van der Waals surface area contributed by atoms with Crippen LogP contribution in [-0.2, 0) is 0 Å². The summed E-state index contributed by atoms with van der Waals surface area (Å²) in [7, 11) is 0. The molecule has 0 aliphatic rings. The molecule has 2 nitrogen and oxygen atoms in total. The molecular formula is C40H25NOS. The summed E-state index contributed by atoms with van der Waals surface area (Å²) in [6.07, 6.45) is 0. The highest BCUT2D eigenvalue weighted by Crippen LogP contribution is 2.44. The van der Waals surface area contributed by atoms with Gasteiger partial charge in [-0.2, -0.15) is 0 Å². The molecular weight excluding hydrogens is 543 g/mol. The fourth-order valence-electron chi connectivity index (χ4n) is 6.42. The van der Waals surface area contributed by atoms with Gasteiger partial charge >= 0.3 is 0 Å². The molecule has 0 saturated carbocycles. The van der Waals surface area contributed by atoms with Crippen LogP contribution in [0.3, 0.4) is 0 Å². The van der Waals surface area contributed by atoms with Crippen LogP contribution in [-0.4, -0.2) is 0 Å². The summed E-state index contributed by atoms with van der Waals surface area (Å²) >= 11 is 1.82. The zero-order valence-electron chi connectivity index (χ0n) is 23.2. The largest absolute Gasteiger partial charge is 0.455 e. The van der Waals surface area contributed by atoms with E-state index in [1.54, 1.807) is 0 Å². The normalized spacial score (nSPS) is 11.7. The maximum atomic E-state index is 6.77. The molecule has 0 N–H and O–H groups in total. The Morgan fingerprint density at radius 2 is 1.14 bits per heavy atom. The summed E-state index contributed by atoms with van der Waals surface area (Å²) in [4.78, 5) is 2.32. The van der Waals surface area contributed by atoms with Gasteiger partial charge in [0.25, 0.3) is 0 Å². The van der Waals surface area contributed by atoms with Gasteiger partial charge in [0, 0.05) is 53.6 Å². The molecule has 0 aliphatic carbocycles. The zero-order chi connectivity index (χ0) is 28.3. The van der Waals surface area contributed by atoms with Gasteiger partial charge in [-0.15, -0.1) is 11.3 Å². The highest BCUT2D eigenvalue weighted by atomic mass is 32.1. The molecule has 2 heterocycles. The van der Waals surface area contributed by atoms with Crippen molar-refractivity contribution in [2.24, 2.45) is 0 Å². The molecule has 0 atom stereocenters. The lowest BCUT2D eigenvalue weighted by atomic mass is 10.0. The maximum Gasteiger partial charge on any atom is 0.144 e. The lowest BCUT2D eigenvalue weighted by Crippen LogP contribution is -2.09. The van der Waals surface area contributed by atoms with Gasteiger partial charge in [-0.3, -0.25) is 0 Å². The summed E-state index contributed by atoms with van der Waals surface area (Å²) in [5.41, 5.74) is 7.49. The molecule has 0 fully saturated rings. The molecule has 0 bridgehead atoms. The highest BCUT2D eigenvalue weighted by Gasteiger charge is 2.18. The standard InChI is InChI=1S/C40H25NOS/c1-2-11-29(12-3-1)41(31-22-17-26-9-4-5-10-28(26)25-31)30-20-18-27(19-21-30)32-14-8-15-33-34-23-24-37-38(40(34)42-39(32)33)35-13-6-7-16-36(35)43-37/h1-25H. The van der Waals surface area contributed by atoms with E-state index in [1.165, 1.54) is 30.9 Å². The number of rotatable bonds is 4. The summed E-state index contributed by atoms with van der Waals surface area (Å²) in [6, 6.07) is 54.1. The molecule has 7 aromatic carbocycles. The van der Waals surface area contributed by atoms with Crippen molar-refractivity contribution < 1.29 is 4.42 Å². The Morgan fingerprint density at radius 1 is 0.442 bits per heavy atom. The van der Waals surface area contributed by atoms with E-state index in [1.807, 2.05) is 11.3 Å². The van der Waals surface area contributed by atoms with E-state index < -0.39 is 0 Å². The van der Waals surface area contributed by atoms with Crippen LogP contribution in [0.1, 0.15) is 0 Å². The van der Waals surface area contributed by atoms with Crippen LogP contribution >= 0.6 is 11.3 Å². The summed E-state index contributed by atoms with van der Waals surface area (Å²) in [5.74, 6) is 0. The van der Waals surface area contributed by atoms with Crippen LogP contribution in [0.2, 0.25) is 0 Å². The van der Waals surface area contributed by atoms with Gasteiger partial charge in [0.2, 0.25) is 0 Å². The van der Waals surface area contributed by atoms with Gasteiger partial charge in [-0.1, -0.05) is 97.1 Å². The second-order valence-corrected chi connectivity index (χ2v) is 12.0. The van der Waals surface area contributed by atoms with E-state index in [0.29, 0.717) is 0 Å². The van der Waals surface area contributed by atoms with Gasteiger partial charge < -0.3 is 9.32 Å². The Labute approximate surface area is 252 Å². The number of fused-ring (bicyclic) bond motifs is 8. The smallest absolute Gasteiger partial charge is 0.144 e. The molecule has 0 saturated heterocycles. The van der Waals surface area contributed by atoms with Crippen molar-refractivity contribution in [3.8, 4) is 11.1 Å². The molecule has 43 heavy (non-hydrogen) atoms. The summed E-state index contributed by atoms with van der Waals surface area (Å²) in [6.45, 7) is 0. The predicted molar refractivity (Wildman–Crippen MR) is 184 cm³/mol. The van der Waals surface area contributed by atoms with E-state index in [4.69, 9.17) is 4.42 Å². The number of hydrogen-bond acceptors (Lipinski definition) is 3. The molecule has 0 amide bonds. The van der Waals surface area contributed by atoms with Crippen molar-refractivity contribution in [1.29, 1.82) is 0 Å². The molecule has 0 unspecified atom stereocenters. The van der Waals surface area contributed by atoms with Crippen LogP contribution in [0.15, 0.2) is 156 Å². The summed E-state index contributed by atoms with van der Waals surface area (Å²) in [5, 5.41) is 7.24. The van der Waals surface area contributed by atoms with E-state index in [0.717, 1.165) is 50.1 Å². The third-order valence-corrected chi connectivity index (χ3v) is 9.58. The fraction of sp³-hybridized carbons (Fsp3) is 0. The number of hydrogen-bond donors (Lipinski definition) is 0. The van der Waals surface area contributed by atoms with E-state index in [-0.39, 0.29) is 0 Å². The average molecular weight is 568 g/mol. The first-order valence-electron chi connectivity index (χ1n) is 14.5. The van der Waals surface area contributed by atoms with Crippen molar-refractivity contribution >= 4 is 81.3 Å². The zero-order valence-corrected chi connectivity index (χ0v) is 24.0. The van der Waals surface area contributed by atoms with Crippen molar-refractivity contribution in [2.75, 3.05) is 4.90 Å². The number of para-hydroxylation sites is 2. The SMILES string of the molecule is c1ccc(N(c2ccc(-c3cccc4c3oc3c4ccc4sc5ccccc5c43)cc2)c2ccc3ccccc3c2)cc1. The summed E-state index contributed by atoms with van der Waals surface area (Å²) < 4.78 is 9.32. The minimum atomic E-state index is 0.933. The Kier molecular flexibility index (Phi) is 5.40. The van der Waals surface area contributed by atoms with Crippen LogP contribution in [0.5, 0.6) is 0 Å². The van der Waals surface area contributed by atoms with Gasteiger partial charge in [0.1, 0.15) is 11.2 Å². The average Bonchev–Trinajstić information content (AvgIpc) is 3.64. The lowest BCUT2D eigenvalue weighted by Gasteiger charge is -2.26. The Morgan fingerprint density at radius 3 is 2.02 bits per heavy atom. The van der Waals surface area contributed by atoms with Gasteiger partial charge in [0.15, 0.2) is 0 Å². The van der Waals surface area contributed by atoms with Crippen molar-refractivity contribution in [1.82, 2.24) is 0 Å². The monoisotopic (exact) mass is 567 g/mol. The van der Waals surface area contributed by atoms with Crippen molar-refractivity contribution in [3.05, 3.63) is 152 Å². The van der Waals surface area contributed by atoms with Crippen LogP contribution in [0.25, 0.3) is 64.0 Å². The second kappa shape index (κ2) is 9.59. The first-order chi connectivity index (χ1) is 21.3. The molecule has 202 valence electrons. The topological polar surface area (TPSA) is 16.4 Å². The Hall–Kier alpha value is -5.38. The molecule has 0 aliphatic heterocycles. The van der Waals surface area contributed by atoms with Gasteiger partial charge in [-0.05, 0) is 70.9 Å². The van der Waals surface area contributed by atoms with Crippen molar-refractivity contribution in [3.63, 3.8) is 0 Å². The molecule has 0 radical (unpaired) electrons. The Balaban J connectivity index is 1.19. The van der Waals surface area contributed by atoms with E-state index >= 15 is 0 Å². The Bertz CT molecular complexity index is 2450. The first-order valence-corrected chi connectivity index (χ1v) is 15.3. The minimum Gasteiger partial charge on any atom is -0.455 e. The van der Waals surface area contributed by atoms with E-state index in [9.17, 15) is 0 Å². The molecule has 0 spiro atoms. The second-order valence-electron chi connectivity index (χ2n) is 10.9. The van der Waals surface area contributed by atoms with E-state index in [2.05, 4.69) is 157 Å². The van der Waals surface area contributed by atoms with Gasteiger partial charge in [-0.25, -0.2) is 0 Å². The third kappa shape index (κ3) is 3.86. The van der Waals surface area contributed by atoms with Crippen molar-refractivity contribution in [2.45, 2.75) is 0 Å². The fourth-order valence-corrected chi connectivity index (χ4v) is 7.53. The highest BCUT2D eigenvalue weighted by molar-refractivity contribution is 7.26. The van der Waals surface area contributed by atoms with Crippen LogP contribution in [0, 0.1) is 0 Å². The lowest BCUT2D eigenvalue weighted by molar-refractivity contribution is 0.674. The van der Waals surface area contributed by atoms with Crippen LogP contribution in [0.4, 0.5) is 17.1 Å². The maximum absolute atomic E-state index is 6.77. The first kappa shape index (κ1) is 24.2.